The molecule has 0 radical (unpaired) electrons. The summed E-state index contributed by atoms with van der Waals surface area (Å²) in [6.45, 7) is 9.42. The average Bonchev–Trinajstić information content (AvgIpc) is 3.26. The molecule has 4 rings (SSSR count). The second-order valence-electron chi connectivity index (χ2n) is 9.77. The molecule has 0 aromatic heterocycles. The van der Waals surface area contributed by atoms with E-state index in [0.717, 1.165) is 6.29 Å². The maximum absolute atomic E-state index is 15.2. The summed E-state index contributed by atoms with van der Waals surface area (Å²) in [7, 11) is -0.776. The number of rotatable bonds is 6. The van der Waals surface area contributed by atoms with Crippen molar-refractivity contribution in [2.75, 3.05) is 18.0 Å². The number of carbonyl (C=O) groups is 3. The number of hydrogen-bond acceptors (Lipinski definition) is 6. The lowest BCUT2D eigenvalue weighted by Crippen LogP contribution is -2.41. The van der Waals surface area contributed by atoms with E-state index in [1.54, 1.807) is 30.3 Å². The van der Waals surface area contributed by atoms with Crippen molar-refractivity contribution in [2.45, 2.75) is 51.9 Å². The number of nitrogens with one attached hydrogen (secondary N) is 1. The number of hydrogen-bond donors (Lipinski definition) is 1. The first-order valence-corrected chi connectivity index (χ1v) is 11.4. The summed E-state index contributed by atoms with van der Waals surface area (Å²) in [5, 5.41) is 2.61. The number of anilines is 1. The van der Waals surface area contributed by atoms with Crippen molar-refractivity contribution in [3.63, 3.8) is 0 Å². The van der Waals surface area contributed by atoms with Crippen LogP contribution in [-0.4, -0.2) is 55.8 Å². The van der Waals surface area contributed by atoms with Crippen molar-refractivity contribution in [1.82, 2.24) is 5.32 Å². The lowest BCUT2D eigenvalue weighted by Gasteiger charge is -2.32. The monoisotopic (exact) mass is 482 g/mol. The van der Waals surface area contributed by atoms with Crippen LogP contribution in [-0.2, 0) is 18.8 Å². The van der Waals surface area contributed by atoms with E-state index in [1.165, 1.54) is 17.9 Å². The maximum Gasteiger partial charge on any atom is 0.495 e. The molecule has 1 N–H and O–H groups in total. The second kappa shape index (κ2) is 9.09. The average molecular weight is 482 g/mol. The molecule has 2 aromatic carbocycles. The first kappa shape index (κ1) is 24.9. The number of halogens is 1. The highest BCUT2D eigenvalue weighted by atomic mass is 19.1. The van der Waals surface area contributed by atoms with Gasteiger partial charge >= 0.3 is 13.2 Å². The van der Waals surface area contributed by atoms with Crippen molar-refractivity contribution >= 4 is 36.6 Å². The SMILES string of the molecule is CC(=O)NC[C@H]1CN(c2ccc(-c3ccc(C=O)c(B4OC(C)(C)C(C)(C)O4)c3)c(F)c2)C(=O)O1. The van der Waals surface area contributed by atoms with Crippen LogP contribution in [0.1, 0.15) is 45.0 Å². The maximum atomic E-state index is 15.2. The zero-order valence-electron chi connectivity index (χ0n) is 20.4. The molecule has 0 spiro atoms. The van der Waals surface area contributed by atoms with Gasteiger partial charge in [0.15, 0.2) is 0 Å². The summed E-state index contributed by atoms with van der Waals surface area (Å²) in [6.07, 6.45) is -0.404. The van der Waals surface area contributed by atoms with E-state index in [0.29, 0.717) is 27.8 Å². The molecule has 2 saturated heterocycles. The lowest BCUT2D eigenvalue weighted by molar-refractivity contribution is -0.119. The zero-order chi connectivity index (χ0) is 25.5. The Bertz CT molecular complexity index is 1170. The van der Waals surface area contributed by atoms with Crippen LogP contribution < -0.4 is 15.7 Å². The Kier molecular flexibility index (Phi) is 6.46. The van der Waals surface area contributed by atoms with Crippen LogP contribution in [0.3, 0.4) is 0 Å². The highest BCUT2D eigenvalue weighted by Gasteiger charge is 2.52. The Morgan fingerprint density at radius 2 is 1.86 bits per heavy atom. The minimum Gasteiger partial charge on any atom is -0.442 e. The van der Waals surface area contributed by atoms with Crippen molar-refractivity contribution in [1.29, 1.82) is 0 Å². The summed E-state index contributed by atoms with van der Waals surface area (Å²) < 4.78 is 32.7. The third-order valence-corrected chi connectivity index (χ3v) is 6.75. The van der Waals surface area contributed by atoms with E-state index in [-0.39, 0.29) is 19.0 Å². The smallest absolute Gasteiger partial charge is 0.442 e. The van der Waals surface area contributed by atoms with Crippen molar-refractivity contribution in [3.05, 3.63) is 47.8 Å². The minimum absolute atomic E-state index is 0.183. The highest BCUT2D eigenvalue weighted by Crippen LogP contribution is 2.37. The van der Waals surface area contributed by atoms with Gasteiger partial charge in [-0.25, -0.2) is 9.18 Å². The minimum atomic E-state index is -0.776. The van der Waals surface area contributed by atoms with Crippen LogP contribution in [0.15, 0.2) is 36.4 Å². The quantitative estimate of drug-likeness (QED) is 0.503. The van der Waals surface area contributed by atoms with E-state index < -0.39 is 36.3 Å². The van der Waals surface area contributed by atoms with Gasteiger partial charge in [-0.05, 0) is 56.9 Å². The molecule has 0 unspecified atom stereocenters. The van der Waals surface area contributed by atoms with E-state index in [4.69, 9.17) is 14.0 Å². The number of ether oxygens (including phenoxy) is 1. The van der Waals surface area contributed by atoms with Crippen LogP contribution in [0.4, 0.5) is 14.9 Å². The molecule has 2 amide bonds. The fourth-order valence-electron chi connectivity index (χ4n) is 4.03. The Hall–Kier alpha value is -3.24. The molecule has 35 heavy (non-hydrogen) atoms. The molecule has 184 valence electrons. The number of amides is 2. The molecule has 0 saturated carbocycles. The third-order valence-electron chi connectivity index (χ3n) is 6.75. The van der Waals surface area contributed by atoms with Gasteiger partial charge in [0.05, 0.1) is 30.0 Å². The van der Waals surface area contributed by atoms with E-state index >= 15 is 4.39 Å². The number of benzene rings is 2. The zero-order valence-corrected chi connectivity index (χ0v) is 20.4. The highest BCUT2D eigenvalue weighted by molar-refractivity contribution is 6.63. The van der Waals surface area contributed by atoms with Gasteiger partial charge in [-0.15, -0.1) is 0 Å². The molecule has 0 aliphatic carbocycles. The molecule has 8 nitrogen and oxygen atoms in total. The fourth-order valence-corrected chi connectivity index (χ4v) is 4.03. The molecular weight excluding hydrogens is 454 g/mol. The molecular formula is C25H28BFN2O6. The second-order valence-corrected chi connectivity index (χ2v) is 9.77. The summed E-state index contributed by atoms with van der Waals surface area (Å²) in [5.74, 6) is -0.769. The van der Waals surface area contributed by atoms with Gasteiger partial charge in [-0.2, -0.15) is 0 Å². The van der Waals surface area contributed by atoms with E-state index in [2.05, 4.69) is 5.32 Å². The Balaban J connectivity index is 1.60. The van der Waals surface area contributed by atoms with Gasteiger partial charge in [0.2, 0.25) is 5.91 Å². The molecule has 2 aliphatic heterocycles. The Morgan fingerprint density at radius 1 is 1.17 bits per heavy atom. The number of carbonyl (C=O) groups excluding carboxylic acids is 3. The first-order valence-electron chi connectivity index (χ1n) is 11.4. The first-order chi connectivity index (χ1) is 16.4. The molecule has 2 aliphatic rings. The number of cyclic esters (lactones) is 1. The molecule has 10 heteroatoms. The predicted octanol–water partition coefficient (Wildman–Crippen LogP) is 3.07. The van der Waals surface area contributed by atoms with Gasteiger partial charge in [-0.1, -0.05) is 18.2 Å². The van der Waals surface area contributed by atoms with E-state index in [1.807, 2.05) is 27.7 Å². The summed E-state index contributed by atoms with van der Waals surface area (Å²) in [4.78, 5) is 36.4. The molecule has 2 aromatic rings. The Labute approximate surface area is 203 Å². The van der Waals surface area contributed by atoms with Crippen LogP contribution in [0.5, 0.6) is 0 Å². The molecule has 2 heterocycles. The van der Waals surface area contributed by atoms with E-state index in [9.17, 15) is 14.4 Å². The Morgan fingerprint density at radius 3 is 2.46 bits per heavy atom. The lowest BCUT2D eigenvalue weighted by atomic mass is 9.75. The van der Waals surface area contributed by atoms with Gasteiger partial charge < -0.3 is 19.4 Å². The number of nitrogens with zero attached hydrogens (tertiary/aromatic N) is 1. The third kappa shape index (κ3) is 4.81. The van der Waals surface area contributed by atoms with Crippen molar-refractivity contribution < 1.29 is 32.8 Å². The van der Waals surface area contributed by atoms with Gasteiger partial charge in [0, 0.05) is 18.1 Å². The van der Waals surface area contributed by atoms with Crippen LogP contribution in [0, 0.1) is 5.82 Å². The van der Waals surface area contributed by atoms with Crippen molar-refractivity contribution in [2.24, 2.45) is 0 Å². The van der Waals surface area contributed by atoms with Crippen molar-refractivity contribution in [3.8, 4) is 11.1 Å². The fraction of sp³-hybridized carbons (Fsp3) is 0.400. The standard InChI is InChI=1S/C25H28BFN2O6/c1-15(31)28-12-19-13-29(23(32)33-19)18-8-9-20(22(27)11-18)16-6-7-17(14-30)21(10-16)26-34-24(2,3)25(4,5)35-26/h6-11,14,19H,12-13H2,1-5H3,(H,28,31)/t19-/m0/s1. The van der Waals surface area contributed by atoms with Gasteiger partial charge in [0.25, 0.3) is 0 Å². The predicted molar refractivity (Wildman–Crippen MR) is 129 cm³/mol. The van der Waals surface area contributed by atoms with Crippen LogP contribution in [0.25, 0.3) is 11.1 Å². The normalized spacial score (nSPS) is 20.6. The van der Waals surface area contributed by atoms with Gasteiger partial charge in [0.1, 0.15) is 18.2 Å². The topological polar surface area (TPSA) is 94.2 Å². The molecule has 2 fully saturated rings. The summed E-state index contributed by atoms with van der Waals surface area (Å²) in [5.41, 5.74) is 0.907. The molecule has 1 atom stereocenters. The largest absolute Gasteiger partial charge is 0.495 e. The van der Waals surface area contributed by atoms with Crippen LogP contribution >= 0.6 is 0 Å². The van der Waals surface area contributed by atoms with Crippen LogP contribution in [0.2, 0.25) is 0 Å². The summed E-state index contributed by atoms with van der Waals surface area (Å²) in [6, 6.07) is 9.42. The van der Waals surface area contributed by atoms with Gasteiger partial charge in [-0.3, -0.25) is 14.5 Å². The number of aldehydes is 1. The molecule has 0 bridgehead atoms. The summed E-state index contributed by atoms with van der Waals surface area (Å²) >= 11 is 0.